The molecular weight excluding hydrogens is 499 g/mol. The average Bonchev–Trinajstić information content (AvgIpc) is 3.34. The van der Waals surface area contributed by atoms with Crippen LogP contribution in [0, 0.1) is 17.8 Å². The highest BCUT2D eigenvalue weighted by Gasteiger charge is 2.20. The lowest BCUT2D eigenvalue weighted by molar-refractivity contribution is 0.0522. The normalized spacial score (nSPS) is 11.1. The van der Waals surface area contributed by atoms with Gasteiger partial charge in [-0.3, -0.25) is 0 Å². The van der Waals surface area contributed by atoms with Crippen LogP contribution in [0.1, 0.15) is 37.6 Å². The van der Waals surface area contributed by atoms with Crippen LogP contribution in [-0.4, -0.2) is 46.4 Å². The van der Waals surface area contributed by atoms with Gasteiger partial charge in [-0.2, -0.15) is 14.2 Å². The zero-order valence-electron chi connectivity index (χ0n) is 21.4. The number of fused-ring (bicyclic) bond motifs is 1. The minimum Gasteiger partial charge on any atom is -0.442 e. The van der Waals surface area contributed by atoms with E-state index in [9.17, 15) is 9.18 Å². The Labute approximate surface area is 223 Å². The Balaban J connectivity index is 1.32. The number of anilines is 1. The number of rotatable bonds is 4. The number of pyridine rings is 1. The summed E-state index contributed by atoms with van der Waals surface area (Å²) in [5, 5.41) is 7.90. The summed E-state index contributed by atoms with van der Waals surface area (Å²) in [7, 11) is 0. The molecule has 0 aliphatic carbocycles. The van der Waals surface area contributed by atoms with E-state index < -0.39 is 17.6 Å². The first-order chi connectivity index (χ1) is 18.7. The fraction of sp³-hybridized carbons (Fsp3) is 0.179. The molecule has 0 aliphatic rings. The van der Waals surface area contributed by atoms with Gasteiger partial charge >= 0.3 is 6.09 Å². The van der Waals surface area contributed by atoms with Crippen molar-refractivity contribution in [2.24, 2.45) is 0 Å². The molecule has 10 nitrogen and oxygen atoms in total. The molecule has 0 fully saturated rings. The number of nitrogens with zero attached hydrogens (tertiary/aromatic N) is 7. The van der Waals surface area contributed by atoms with Crippen LogP contribution < -0.4 is 5.32 Å². The lowest BCUT2D eigenvalue weighted by atomic mass is 10.1. The van der Waals surface area contributed by atoms with E-state index in [2.05, 4.69) is 47.2 Å². The number of hydrogen-bond acceptors (Lipinski definition) is 9. The predicted octanol–water partition coefficient (Wildman–Crippen LogP) is 4.61. The molecule has 1 aromatic carbocycles. The molecule has 4 heterocycles. The van der Waals surface area contributed by atoms with Crippen LogP contribution in [0.4, 0.5) is 15.1 Å². The van der Waals surface area contributed by atoms with Crippen LogP contribution in [0.2, 0.25) is 0 Å². The van der Waals surface area contributed by atoms with Crippen molar-refractivity contribution in [3.8, 4) is 23.4 Å². The van der Waals surface area contributed by atoms with Gasteiger partial charge in [-0.05, 0) is 63.1 Å². The molecule has 39 heavy (non-hydrogen) atoms. The Morgan fingerprint density at radius 1 is 1.03 bits per heavy atom. The molecule has 11 heteroatoms. The number of carbonyl (C=O) groups excluding carboxylic acids is 1. The SMILES string of the molecule is CC(C)(C)OC(=O)n1ncc2cc(C#Cc3ccnc(-c4ccnc(NCc5cccnc5F)n4)n3)ccc21. The van der Waals surface area contributed by atoms with Crippen molar-refractivity contribution in [3.63, 3.8) is 0 Å². The summed E-state index contributed by atoms with van der Waals surface area (Å²) in [6, 6.07) is 12.1. The lowest BCUT2D eigenvalue weighted by Gasteiger charge is -2.19. The van der Waals surface area contributed by atoms with Crippen LogP contribution >= 0.6 is 0 Å². The van der Waals surface area contributed by atoms with Gasteiger partial charge in [0.15, 0.2) is 5.82 Å². The van der Waals surface area contributed by atoms with Crippen molar-refractivity contribution in [3.05, 3.63) is 90.0 Å². The molecule has 0 aliphatic heterocycles. The second-order valence-corrected chi connectivity index (χ2v) is 9.40. The van der Waals surface area contributed by atoms with E-state index in [-0.39, 0.29) is 6.54 Å². The maximum absolute atomic E-state index is 13.8. The number of ether oxygens (including phenoxy) is 1. The molecule has 0 unspecified atom stereocenters. The fourth-order valence-corrected chi connectivity index (χ4v) is 3.54. The lowest BCUT2D eigenvalue weighted by Crippen LogP contribution is -2.27. The Kier molecular flexibility index (Phi) is 6.93. The van der Waals surface area contributed by atoms with Gasteiger partial charge in [0.1, 0.15) is 17.0 Å². The van der Waals surface area contributed by atoms with Crippen LogP contribution in [0.25, 0.3) is 22.4 Å². The van der Waals surface area contributed by atoms with E-state index in [4.69, 9.17) is 4.74 Å². The van der Waals surface area contributed by atoms with E-state index in [1.165, 1.54) is 10.9 Å². The van der Waals surface area contributed by atoms with Crippen LogP contribution in [-0.2, 0) is 11.3 Å². The second-order valence-electron chi connectivity index (χ2n) is 9.40. The monoisotopic (exact) mass is 522 g/mol. The molecule has 194 valence electrons. The molecule has 0 atom stereocenters. The first-order valence-corrected chi connectivity index (χ1v) is 12.0. The van der Waals surface area contributed by atoms with Crippen molar-refractivity contribution >= 4 is 22.9 Å². The van der Waals surface area contributed by atoms with Gasteiger partial charge in [0, 0.05) is 41.6 Å². The van der Waals surface area contributed by atoms with E-state index >= 15 is 0 Å². The molecule has 4 aromatic heterocycles. The van der Waals surface area contributed by atoms with Gasteiger partial charge in [-0.25, -0.2) is 29.7 Å². The summed E-state index contributed by atoms with van der Waals surface area (Å²) in [5.74, 6) is 6.24. The van der Waals surface area contributed by atoms with E-state index in [0.29, 0.717) is 34.2 Å². The van der Waals surface area contributed by atoms with Crippen molar-refractivity contribution in [2.75, 3.05) is 5.32 Å². The van der Waals surface area contributed by atoms with E-state index in [1.807, 2.05) is 6.07 Å². The third kappa shape index (κ3) is 6.19. The first kappa shape index (κ1) is 25.4. The molecule has 5 aromatic rings. The van der Waals surface area contributed by atoms with Crippen LogP contribution in [0.15, 0.2) is 67.3 Å². The molecule has 0 spiro atoms. The molecule has 0 saturated heterocycles. The summed E-state index contributed by atoms with van der Waals surface area (Å²) in [4.78, 5) is 33.5. The summed E-state index contributed by atoms with van der Waals surface area (Å²) < 4.78 is 20.4. The molecular formula is C28H23FN8O2. The molecule has 5 rings (SSSR count). The second kappa shape index (κ2) is 10.6. The Bertz CT molecular complexity index is 1730. The zero-order chi connectivity index (χ0) is 27.4. The highest BCUT2D eigenvalue weighted by molar-refractivity contribution is 5.88. The molecule has 0 bridgehead atoms. The number of benzene rings is 1. The van der Waals surface area contributed by atoms with Crippen molar-refractivity contribution in [1.82, 2.24) is 34.7 Å². The van der Waals surface area contributed by atoms with Gasteiger partial charge in [0.25, 0.3) is 0 Å². The quantitative estimate of drug-likeness (QED) is 0.266. The number of halogens is 1. The molecule has 0 amide bonds. The van der Waals surface area contributed by atoms with E-state index in [0.717, 1.165) is 10.9 Å². The Morgan fingerprint density at radius 2 is 1.87 bits per heavy atom. The summed E-state index contributed by atoms with van der Waals surface area (Å²) in [6.45, 7) is 5.58. The minimum absolute atomic E-state index is 0.177. The van der Waals surface area contributed by atoms with Gasteiger partial charge in [-0.15, -0.1) is 0 Å². The van der Waals surface area contributed by atoms with Crippen LogP contribution in [0.3, 0.4) is 0 Å². The summed E-state index contributed by atoms with van der Waals surface area (Å²) in [6.07, 6.45) is 5.61. The van der Waals surface area contributed by atoms with E-state index in [1.54, 1.807) is 75.8 Å². The maximum atomic E-state index is 13.8. The zero-order valence-corrected chi connectivity index (χ0v) is 21.4. The highest BCUT2D eigenvalue weighted by atomic mass is 19.1. The smallest absolute Gasteiger partial charge is 0.435 e. The largest absolute Gasteiger partial charge is 0.442 e. The third-order valence-corrected chi connectivity index (χ3v) is 5.28. The van der Waals surface area contributed by atoms with Crippen LogP contribution in [0.5, 0.6) is 0 Å². The molecule has 1 N–H and O–H groups in total. The standard InChI is InChI=1S/C28H23FN8O2/c1-28(2,3)39-27(38)37-23-9-7-18(15-20(23)17-34-37)6-8-21-10-13-31-25(35-21)22-11-14-32-26(36-22)33-16-19-5-4-12-30-24(19)29/h4-5,7,9-15,17H,16H2,1-3H3,(H,32,33,36). The Hall–Kier alpha value is -5.24. The number of aromatic nitrogens is 7. The predicted molar refractivity (Wildman–Crippen MR) is 142 cm³/mol. The summed E-state index contributed by atoms with van der Waals surface area (Å²) >= 11 is 0. The highest BCUT2D eigenvalue weighted by Crippen LogP contribution is 2.18. The number of carbonyl (C=O) groups is 1. The minimum atomic E-state index is -0.625. The molecule has 0 radical (unpaired) electrons. The van der Waals surface area contributed by atoms with Gasteiger partial charge < -0.3 is 10.1 Å². The topological polar surface area (TPSA) is 121 Å². The first-order valence-electron chi connectivity index (χ1n) is 12.0. The fourth-order valence-electron chi connectivity index (χ4n) is 3.54. The number of hydrogen-bond donors (Lipinski definition) is 1. The van der Waals surface area contributed by atoms with Crippen molar-refractivity contribution < 1.29 is 13.9 Å². The third-order valence-electron chi connectivity index (χ3n) is 5.28. The number of nitrogens with one attached hydrogen (secondary N) is 1. The average molecular weight is 523 g/mol. The van der Waals surface area contributed by atoms with Crippen molar-refractivity contribution in [2.45, 2.75) is 32.9 Å². The van der Waals surface area contributed by atoms with Crippen molar-refractivity contribution in [1.29, 1.82) is 0 Å². The maximum Gasteiger partial charge on any atom is 0.435 e. The van der Waals surface area contributed by atoms with Gasteiger partial charge in [-0.1, -0.05) is 12.0 Å². The van der Waals surface area contributed by atoms with Gasteiger partial charge in [0.05, 0.1) is 11.7 Å². The van der Waals surface area contributed by atoms with Gasteiger partial charge in [0.2, 0.25) is 11.9 Å². The Morgan fingerprint density at radius 3 is 2.69 bits per heavy atom. The molecule has 0 saturated carbocycles. The summed E-state index contributed by atoms with van der Waals surface area (Å²) in [5.41, 5.74) is 2.10.